The Labute approximate surface area is 168 Å². The van der Waals surface area contributed by atoms with E-state index in [1.54, 1.807) is 6.20 Å². The summed E-state index contributed by atoms with van der Waals surface area (Å²) < 4.78 is 2.12. The van der Waals surface area contributed by atoms with E-state index < -0.39 is 6.09 Å². The third-order valence-electron chi connectivity index (χ3n) is 5.68. The van der Waals surface area contributed by atoms with Gasteiger partial charge in [-0.2, -0.15) is 0 Å². The van der Waals surface area contributed by atoms with Crippen molar-refractivity contribution in [3.8, 4) is 5.69 Å². The van der Waals surface area contributed by atoms with Crippen LogP contribution in [-0.2, 0) is 0 Å². The maximum absolute atomic E-state index is 11.6. The minimum atomic E-state index is -0.895. The van der Waals surface area contributed by atoms with Gasteiger partial charge in [-0.05, 0) is 61.6 Å². The Morgan fingerprint density at radius 1 is 1.32 bits per heavy atom. The van der Waals surface area contributed by atoms with Gasteiger partial charge in [-0.15, -0.1) is 0 Å². The van der Waals surface area contributed by atoms with Gasteiger partial charge in [0.2, 0.25) is 0 Å². The van der Waals surface area contributed by atoms with Gasteiger partial charge >= 0.3 is 6.09 Å². The van der Waals surface area contributed by atoms with Crippen molar-refractivity contribution in [2.45, 2.75) is 37.8 Å². The van der Waals surface area contributed by atoms with Crippen molar-refractivity contribution in [2.75, 3.05) is 6.54 Å². The maximum atomic E-state index is 11.6. The zero-order chi connectivity index (χ0) is 19.8. The minimum Gasteiger partial charge on any atom is -0.465 e. The van der Waals surface area contributed by atoms with Crippen LogP contribution < -0.4 is 5.73 Å². The molecule has 0 saturated carbocycles. The van der Waals surface area contributed by atoms with Crippen LogP contribution in [0.15, 0.2) is 48.9 Å². The van der Waals surface area contributed by atoms with Gasteiger partial charge < -0.3 is 20.3 Å². The van der Waals surface area contributed by atoms with Gasteiger partial charge in [-0.25, -0.2) is 4.79 Å². The Hall–Kier alpha value is -2.57. The lowest BCUT2D eigenvalue weighted by Gasteiger charge is -2.39. The molecule has 0 bridgehead atoms. The second-order valence-corrected chi connectivity index (χ2v) is 7.88. The fourth-order valence-corrected chi connectivity index (χ4v) is 4.38. The smallest absolute Gasteiger partial charge is 0.407 e. The molecule has 3 heterocycles. The SMILES string of the molecule is CC(N)C1CC(c2cn(-c3ccc(Cl)cc3)c3cnccc23)CCN1C(=O)O. The Bertz CT molecular complexity index is 999. The summed E-state index contributed by atoms with van der Waals surface area (Å²) in [5.41, 5.74) is 9.38. The van der Waals surface area contributed by atoms with E-state index in [0.29, 0.717) is 18.0 Å². The van der Waals surface area contributed by atoms with E-state index >= 15 is 0 Å². The highest BCUT2D eigenvalue weighted by Crippen LogP contribution is 2.38. The molecule has 3 atom stereocenters. The van der Waals surface area contributed by atoms with Gasteiger partial charge in [0, 0.05) is 41.1 Å². The van der Waals surface area contributed by atoms with Crippen molar-refractivity contribution in [3.05, 3.63) is 59.5 Å². The number of rotatable bonds is 3. The first-order chi connectivity index (χ1) is 13.5. The molecule has 1 amide bonds. The number of amides is 1. The third-order valence-corrected chi connectivity index (χ3v) is 5.93. The average Bonchev–Trinajstić information content (AvgIpc) is 3.08. The molecule has 2 aromatic heterocycles. The lowest BCUT2D eigenvalue weighted by molar-refractivity contribution is 0.0928. The molecule has 1 aliphatic rings. The van der Waals surface area contributed by atoms with Gasteiger partial charge in [0.25, 0.3) is 0 Å². The zero-order valence-electron chi connectivity index (χ0n) is 15.6. The first kappa shape index (κ1) is 18.8. The van der Waals surface area contributed by atoms with Crippen LogP contribution in [0.2, 0.25) is 5.02 Å². The molecule has 3 aromatic rings. The molecule has 0 aliphatic carbocycles. The van der Waals surface area contributed by atoms with Crippen LogP contribution in [0.4, 0.5) is 4.79 Å². The lowest BCUT2D eigenvalue weighted by atomic mass is 9.83. The lowest BCUT2D eigenvalue weighted by Crippen LogP contribution is -2.52. The third kappa shape index (κ3) is 3.34. The van der Waals surface area contributed by atoms with Crippen LogP contribution in [0.1, 0.15) is 31.2 Å². The van der Waals surface area contributed by atoms with Crippen molar-refractivity contribution in [3.63, 3.8) is 0 Å². The summed E-state index contributed by atoms with van der Waals surface area (Å²) in [6, 6.07) is 9.33. The molecule has 1 aliphatic heterocycles. The van der Waals surface area contributed by atoms with E-state index in [2.05, 4.69) is 15.7 Å². The molecular formula is C21H23ClN4O2. The number of nitrogens with two attached hydrogens (primary N) is 1. The summed E-state index contributed by atoms with van der Waals surface area (Å²) >= 11 is 6.04. The predicted molar refractivity (Wildman–Crippen MR) is 110 cm³/mol. The van der Waals surface area contributed by atoms with E-state index in [1.165, 1.54) is 10.5 Å². The molecule has 6 nitrogen and oxygen atoms in total. The molecule has 3 N–H and O–H groups in total. The van der Waals surface area contributed by atoms with Crippen LogP contribution in [0.25, 0.3) is 16.6 Å². The largest absolute Gasteiger partial charge is 0.465 e. The van der Waals surface area contributed by atoms with Crippen LogP contribution in [0.3, 0.4) is 0 Å². The van der Waals surface area contributed by atoms with E-state index in [1.807, 2.05) is 43.5 Å². The maximum Gasteiger partial charge on any atom is 0.407 e. The molecule has 0 radical (unpaired) electrons. The van der Waals surface area contributed by atoms with E-state index in [-0.39, 0.29) is 18.0 Å². The van der Waals surface area contributed by atoms with E-state index in [9.17, 15) is 9.90 Å². The summed E-state index contributed by atoms with van der Waals surface area (Å²) in [5.74, 6) is 0.241. The van der Waals surface area contributed by atoms with Crippen molar-refractivity contribution in [1.82, 2.24) is 14.5 Å². The second kappa shape index (κ2) is 7.45. The van der Waals surface area contributed by atoms with Gasteiger partial charge in [-0.1, -0.05) is 11.6 Å². The number of halogens is 1. The van der Waals surface area contributed by atoms with E-state index in [0.717, 1.165) is 23.0 Å². The number of likely N-dealkylation sites (tertiary alicyclic amines) is 1. The minimum absolute atomic E-state index is 0.188. The summed E-state index contributed by atoms with van der Waals surface area (Å²) in [4.78, 5) is 17.4. The van der Waals surface area contributed by atoms with Gasteiger partial charge in [0.05, 0.1) is 17.8 Å². The molecule has 4 rings (SSSR count). The Morgan fingerprint density at radius 3 is 2.75 bits per heavy atom. The molecule has 146 valence electrons. The van der Waals surface area contributed by atoms with Gasteiger partial charge in [-0.3, -0.25) is 4.98 Å². The molecule has 1 aromatic carbocycles. The summed E-state index contributed by atoms with van der Waals surface area (Å²) in [6.07, 6.45) is 6.41. The molecule has 1 fully saturated rings. The number of benzene rings is 1. The van der Waals surface area contributed by atoms with Crippen molar-refractivity contribution in [1.29, 1.82) is 0 Å². The van der Waals surface area contributed by atoms with Crippen LogP contribution >= 0.6 is 11.6 Å². The highest BCUT2D eigenvalue weighted by Gasteiger charge is 2.35. The normalized spacial score (nSPS) is 21.0. The van der Waals surface area contributed by atoms with E-state index in [4.69, 9.17) is 17.3 Å². The topological polar surface area (TPSA) is 84.4 Å². The summed E-state index contributed by atoms with van der Waals surface area (Å²) in [7, 11) is 0. The first-order valence-electron chi connectivity index (χ1n) is 9.41. The number of nitrogens with zero attached hydrogens (tertiary/aromatic N) is 3. The number of aromatic nitrogens is 2. The number of carbonyl (C=O) groups is 1. The Morgan fingerprint density at radius 2 is 2.07 bits per heavy atom. The number of piperidine rings is 1. The Balaban J connectivity index is 1.75. The second-order valence-electron chi connectivity index (χ2n) is 7.45. The predicted octanol–water partition coefficient (Wildman–Crippen LogP) is 4.25. The number of pyridine rings is 1. The number of hydrogen-bond donors (Lipinski definition) is 2. The highest BCUT2D eigenvalue weighted by atomic mass is 35.5. The van der Waals surface area contributed by atoms with Crippen LogP contribution in [-0.4, -0.2) is 44.3 Å². The van der Waals surface area contributed by atoms with Crippen molar-refractivity contribution >= 4 is 28.6 Å². The van der Waals surface area contributed by atoms with Gasteiger partial charge in [0.15, 0.2) is 0 Å². The summed E-state index contributed by atoms with van der Waals surface area (Å²) in [6.45, 7) is 2.37. The fourth-order valence-electron chi connectivity index (χ4n) is 4.26. The summed E-state index contributed by atoms with van der Waals surface area (Å²) in [5, 5.41) is 11.3. The standard InChI is InChI=1S/C21H23ClN4O2/c1-13(23)19-10-14(7-9-25(19)21(27)28)18-12-26(16-4-2-15(22)3-5-16)20-11-24-8-6-17(18)20/h2-6,8,11-14,19H,7,9-10,23H2,1H3,(H,27,28). The molecule has 7 heteroatoms. The molecular weight excluding hydrogens is 376 g/mol. The molecule has 0 spiro atoms. The number of carboxylic acid groups (broad SMARTS) is 1. The Kier molecular flexibility index (Phi) is 5.00. The quantitative estimate of drug-likeness (QED) is 0.690. The zero-order valence-corrected chi connectivity index (χ0v) is 16.4. The average molecular weight is 399 g/mol. The highest BCUT2D eigenvalue weighted by molar-refractivity contribution is 6.30. The van der Waals surface area contributed by atoms with Gasteiger partial charge in [0.1, 0.15) is 0 Å². The van der Waals surface area contributed by atoms with Crippen LogP contribution in [0.5, 0.6) is 0 Å². The first-order valence-corrected chi connectivity index (χ1v) is 9.79. The molecule has 3 unspecified atom stereocenters. The van der Waals surface area contributed by atoms with Crippen molar-refractivity contribution < 1.29 is 9.90 Å². The fraction of sp³-hybridized carbons (Fsp3) is 0.333. The van der Waals surface area contributed by atoms with Crippen LogP contribution in [0, 0.1) is 0 Å². The number of hydrogen-bond acceptors (Lipinski definition) is 3. The monoisotopic (exact) mass is 398 g/mol. The molecule has 28 heavy (non-hydrogen) atoms. The molecule has 1 saturated heterocycles. The number of fused-ring (bicyclic) bond motifs is 1. The van der Waals surface area contributed by atoms with Crippen molar-refractivity contribution in [2.24, 2.45) is 5.73 Å².